The first-order valence-corrected chi connectivity index (χ1v) is 64.3. The molecule has 1 spiro atoms. The van der Waals surface area contributed by atoms with Gasteiger partial charge in [0.15, 0.2) is 0 Å². The predicted octanol–water partition coefficient (Wildman–Crippen LogP) is 39.2. The first-order valence-electron chi connectivity index (χ1n) is 64.3. The second kappa shape index (κ2) is 51.4. The maximum absolute atomic E-state index is 10.6. The summed E-state index contributed by atoms with van der Waals surface area (Å²) in [6.45, 7) is 66.6. The van der Waals surface area contributed by atoms with Crippen molar-refractivity contribution < 1.29 is 35.7 Å². The van der Waals surface area contributed by atoms with E-state index in [0.29, 0.717) is 59.6 Å². The molecule has 7 N–H and O–H groups in total. The molecule has 0 aliphatic heterocycles. The van der Waals surface area contributed by atoms with Crippen LogP contribution in [0.4, 0.5) is 0 Å². The molecule has 24 rings (SSSR count). The van der Waals surface area contributed by atoms with Crippen molar-refractivity contribution >= 4 is 0 Å². The van der Waals surface area contributed by atoms with Crippen LogP contribution in [0.1, 0.15) is 643 Å². The molecule has 16 atom stereocenters. The molecule has 0 heterocycles. The van der Waals surface area contributed by atoms with Gasteiger partial charge >= 0.3 is 0 Å². The molecule has 840 valence electrons. The van der Waals surface area contributed by atoms with E-state index in [1.165, 1.54) is 377 Å². The van der Waals surface area contributed by atoms with E-state index >= 15 is 0 Å². The molecule has 0 aromatic heterocycles. The number of aliphatic hydroxyl groups excluding tert-OH is 3. The van der Waals surface area contributed by atoms with Crippen molar-refractivity contribution in [1.82, 2.24) is 0 Å². The van der Waals surface area contributed by atoms with Crippen molar-refractivity contribution in [1.29, 1.82) is 0 Å². The largest absolute Gasteiger partial charge is 0.400 e. The van der Waals surface area contributed by atoms with E-state index in [9.17, 15) is 20.4 Å². The minimum absolute atomic E-state index is 0.205. The monoisotopic (exact) mass is 2000 g/mol. The molecule has 0 amide bonds. The van der Waals surface area contributed by atoms with E-state index in [1.807, 2.05) is 13.8 Å². The Morgan fingerprint density at radius 3 is 0.972 bits per heavy atom. The van der Waals surface area contributed by atoms with Gasteiger partial charge < -0.3 is 35.7 Å². The molecule has 0 radical (unpaired) electrons. The maximum atomic E-state index is 10.6. The van der Waals surface area contributed by atoms with Gasteiger partial charge in [-0.3, -0.25) is 0 Å². The van der Waals surface area contributed by atoms with Crippen LogP contribution in [0.5, 0.6) is 0 Å². The summed E-state index contributed by atoms with van der Waals surface area (Å²) in [5.74, 6) is 17.5. The smallest absolute Gasteiger partial charge is 0.0701 e. The molecule has 24 saturated carbocycles. The number of hydrogen-bond acceptors (Lipinski definition) is 7. The van der Waals surface area contributed by atoms with Crippen LogP contribution < -0.4 is 0 Å². The molecule has 24 fully saturated rings. The normalized spacial score (nSPS) is 41.4. The molecular formula is C136H254O7. The fraction of sp³-hybridized carbons (Fsp3) is 1.00. The van der Waals surface area contributed by atoms with E-state index in [1.54, 1.807) is 65.2 Å². The number of fused-ring (bicyclic) bond motifs is 19. The highest BCUT2D eigenvalue weighted by Crippen LogP contribution is 2.76. The van der Waals surface area contributed by atoms with Gasteiger partial charge in [-0.05, 0) is 481 Å². The van der Waals surface area contributed by atoms with Gasteiger partial charge in [-0.15, -0.1) is 0 Å². The first-order chi connectivity index (χ1) is 66.8. The van der Waals surface area contributed by atoms with Gasteiger partial charge in [0.1, 0.15) is 0 Å². The van der Waals surface area contributed by atoms with Crippen LogP contribution in [0.2, 0.25) is 0 Å². The second-order valence-corrected chi connectivity index (χ2v) is 64.2. The lowest BCUT2D eigenvalue weighted by Gasteiger charge is -2.60. The third-order valence-corrected chi connectivity index (χ3v) is 49.7. The van der Waals surface area contributed by atoms with Crippen molar-refractivity contribution in [3.63, 3.8) is 0 Å². The highest BCUT2D eigenvalue weighted by atomic mass is 16.3. The van der Waals surface area contributed by atoms with Crippen LogP contribution in [-0.4, -0.2) is 78.5 Å². The Bertz CT molecular complexity index is 3480. The van der Waals surface area contributed by atoms with Crippen molar-refractivity contribution in [3.8, 4) is 0 Å². The van der Waals surface area contributed by atoms with Gasteiger partial charge in [0.2, 0.25) is 0 Å². The molecule has 24 aliphatic carbocycles. The summed E-state index contributed by atoms with van der Waals surface area (Å²) >= 11 is 0. The minimum atomic E-state index is -0.497. The molecule has 0 aromatic rings. The molecule has 7 heteroatoms. The highest BCUT2D eigenvalue weighted by Gasteiger charge is 2.68. The second-order valence-electron chi connectivity index (χ2n) is 64.2. The van der Waals surface area contributed by atoms with Gasteiger partial charge in [0.05, 0.1) is 22.4 Å². The highest BCUT2D eigenvalue weighted by molar-refractivity contribution is 5.18. The summed E-state index contributed by atoms with van der Waals surface area (Å²) < 4.78 is 0. The molecule has 0 aromatic carbocycles. The van der Waals surface area contributed by atoms with Gasteiger partial charge in [-0.1, -0.05) is 333 Å². The summed E-state index contributed by atoms with van der Waals surface area (Å²) in [6, 6.07) is 0. The van der Waals surface area contributed by atoms with Crippen LogP contribution in [0.15, 0.2) is 0 Å². The topological polar surface area (TPSA) is 142 Å². The molecule has 0 saturated heterocycles. The quantitative estimate of drug-likeness (QED) is 0.140. The van der Waals surface area contributed by atoms with Crippen molar-refractivity contribution in [3.05, 3.63) is 0 Å². The molecule has 143 heavy (non-hydrogen) atoms. The predicted molar refractivity (Wildman–Crippen MR) is 617 cm³/mol. The minimum Gasteiger partial charge on any atom is -0.400 e. The Morgan fingerprint density at radius 1 is 0.294 bits per heavy atom. The lowest BCUT2D eigenvalue weighted by atomic mass is 9.46. The van der Waals surface area contributed by atoms with Crippen LogP contribution >= 0.6 is 0 Å². The molecule has 7 nitrogen and oxygen atoms in total. The van der Waals surface area contributed by atoms with Crippen molar-refractivity contribution in [2.24, 2.45) is 176 Å². The van der Waals surface area contributed by atoms with E-state index in [4.69, 9.17) is 15.3 Å². The standard InChI is InChI=1S/C16H28.C15H28.C14H26O.C14H22.C11H20O.C10H18O.C10H20.2C9H16.C8H14O.C8H16.C7H14.2C2H6O.CH4O/c1-11-6-7-12-15(4,5)13-10-16(11,12)9-8-14(13,2)3;1-15(2,13-9-5-3-6-10-13)14-11-7-4-8-12-14;1-12(2,15)14-10-6-4-8-13(14,3)9-5-7-11-14;1-14(2)7-10-6-11(14)13-9-4-3-8(5-9)12(10)13;1-10-6-2-4-8-11(10,12)9-5-3-7-10;1-9-5-2-3-7-10(9,11)8-4-6-9;1-10(2,3)9-7-5-4-6-8-9;2*1-9(2)6-7-3-4-8(9)5-7;1-7-2-4-8(9,6-7)5-3-7;1-8(2)6-4-3-5-7-8;1-7(2)5-3-4-6-7;2*1-2-3;1-2/h11-13H,6-10H2,1-5H3;13-14H,3-12H2,1-2H3;15H,4-11H2,1-3H3;8-13H,3-7H2,1-2H3;12H,2-9H2,1H3;11H,2-8H2,1H3;9H,4-8H2,1-3H3;2*7-8H,3-6H2,1-2H3;9H,2-6H2,1H3;3-7H2,1-2H3;3-6H2,1-2H3;2*3H,2H2,1H3;2H,1H3. The van der Waals surface area contributed by atoms with E-state index in [-0.39, 0.29) is 46.3 Å². The van der Waals surface area contributed by atoms with Gasteiger partial charge in [0, 0.05) is 25.7 Å². The zero-order valence-electron chi connectivity index (χ0n) is 102. The number of aliphatic hydroxyl groups is 7. The Morgan fingerprint density at radius 2 is 0.657 bits per heavy atom. The zero-order valence-corrected chi connectivity index (χ0v) is 102. The fourth-order valence-corrected chi connectivity index (χ4v) is 40.3. The summed E-state index contributed by atoms with van der Waals surface area (Å²) in [4.78, 5) is 0. The third-order valence-electron chi connectivity index (χ3n) is 49.7. The molecule has 16 unspecified atom stereocenters. The fourth-order valence-electron chi connectivity index (χ4n) is 40.3. The first kappa shape index (κ1) is 125. The average Bonchev–Trinajstić information content (AvgIpc) is 1.46. The lowest BCUT2D eigenvalue weighted by molar-refractivity contribution is -0.173. The Balaban J connectivity index is 0.000000160. The Kier molecular flexibility index (Phi) is 44.7. The van der Waals surface area contributed by atoms with Crippen molar-refractivity contribution in [2.45, 2.75) is 666 Å². The van der Waals surface area contributed by atoms with E-state index in [2.05, 4.69) is 166 Å². The summed E-state index contributed by atoms with van der Waals surface area (Å²) in [5.41, 5.74) is 7.06. The Labute approximate surface area is 892 Å². The number of rotatable bonds is 3. The number of hydrogen-bond donors (Lipinski definition) is 7. The SMILES string of the molecule is CC(C)(C)C1CCCCC1.CC(C)(C1CCCCC1)C1CCCCC1.CC(C)(O)C12CCCCC1(C)CCCC2.CC1(C)CC2CC1C1C3CCC(C3)C21.CC1(C)CC2CCC1C2.CC1(C)CC2CCC1C2.CC1(C)CCCC1.CC1(C)CCCCC1.CC12CCC(O)(CC1)C2.CC12CCCCC1(O)CCC2.CC12CCCCC1(O)CCCC2.CC1CCC2C(C)(C)C3CC12CCC3(C)C.CCO.CCO.CO. The van der Waals surface area contributed by atoms with Crippen LogP contribution in [0.3, 0.4) is 0 Å². The van der Waals surface area contributed by atoms with Crippen LogP contribution in [-0.2, 0) is 0 Å². The molecule has 12 bridgehead atoms. The molecular weight excluding hydrogens is 1750 g/mol. The average molecular weight is 2000 g/mol. The van der Waals surface area contributed by atoms with Gasteiger partial charge in [-0.25, -0.2) is 0 Å². The van der Waals surface area contributed by atoms with Gasteiger partial charge in [-0.2, -0.15) is 0 Å². The lowest BCUT2D eigenvalue weighted by Crippen LogP contribution is -2.57. The maximum Gasteiger partial charge on any atom is 0.0701 e. The zero-order chi connectivity index (χ0) is 106. The van der Waals surface area contributed by atoms with Crippen LogP contribution in [0.25, 0.3) is 0 Å². The van der Waals surface area contributed by atoms with Gasteiger partial charge in [0.25, 0.3) is 0 Å². The molecule has 24 aliphatic rings. The van der Waals surface area contributed by atoms with E-state index < -0.39 is 5.60 Å². The van der Waals surface area contributed by atoms with Crippen LogP contribution in [0, 0.1) is 176 Å². The summed E-state index contributed by atoms with van der Waals surface area (Å²) in [5, 5.41) is 63.2. The summed E-state index contributed by atoms with van der Waals surface area (Å²) in [7, 11) is 1.00. The summed E-state index contributed by atoms with van der Waals surface area (Å²) in [6.07, 6.45) is 97.8. The third kappa shape index (κ3) is 30.6. The van der Waals surface area contributed by atoms with Crippen molar-refractivity contribution in [2.75, 3.05) is 20.3 Å². The Hall–Kier alpha value is -0.280. The van der Waals surface area contributed by atoms with E-state index in [0.717, 1.165) is 128 Å².